The number of benzene rings is 1. The Bertz CT molecular complexity index is 468. The molecule has 0 bridgehead atoms. The fourth-order valence-electron chi connectivity index (χ4n) is 1.05. The van der Waals surface area contributed by atoms with Crippen LogP contribution < -0.4 is 10.4 Å². The van der Waals surface area contributed by atoms with Gasteiger partial charge in [-0.3, -0.25) is 10.1 Å². The zero-order chi connectivity index (χ0) is 14.5. The maximum Gasteiger partial charge on any atom is 0.435 e. The van der Waals surface area contributed by atoms with E-state index in [0.717, 1.165) is 6.07 Å². The molecule has 0 aliphatic heterocycles. The number of hydrogen-bond acceptors (Lipinski definition) is 6. The lowest BCUT2D eigenvalue weighted by molar-refractivity contribution is -0.385. The van der Waals surface area contributed by atoms with Crippen LogP contribution in [-0.4, -0.2) is 16.6 Å². The Morgan fingerprint density at radius 2 is 2.05 bits per heavy atom. The highest BCUT2D eigenvalue weighted by Gasteiger charge is 2.16. The third-order valence-electron chi connectivity index (χ3n) is 1.69. The molecule has 104 valence electrons. The zero-order valence-corrected chi connectivity index (χ0v) is 10.7. The van der Waals surface area contributed by atoms with Crippen molar-refractivity contribution in [1.82, 2.24) is 5.48 Å². The average molecular weight is 270 g/mol. The van der Waals surface area contributed by atoms with E-state index in [4.69, 9.17) is 4.74 Å². The Kier molecular flexibility index (Phi) is 4.65. The molecule has 0 aliphatic carbocycles. The van der Waals surface area contributed by atoms with Crippen molar-refractivity contribution in [2.45, 2.75) is 26.4 Å². The Balaban J connectivity index is 2.43. The number of hydroxylamine groups is 1. The molecular formula is C11H14N2O6. The Hall–Kier alpha value is -2.35. The predicted octanol–water partition coefficient (Wildman–Crippen LogP) is 2.34. The van der Waals surface area contributed by atoms with Gasteiger partial charge in [0.2, 0.25) is 0 Å². The van der Waals surface area contributed by atoms with Crippen molar-refractivity contribution in [1.29, 1.82) is 0 Å². The summed E-state index contributed by atoms with van der Waals surface area (Å²) in [6.45, 7) is 5.07. The first-order valence-electron chi connectivity index (χ1n) is 5.35. The van der Waals surface area contributed by atoms with Crippen LogP contribution in [0.5, 0.6) is 5.75 Å². The number of hydrogen-bond donors (Lipinski definition) is 1. The molecule has 8 heteroatoms. The molecule has 0 aliphatic rings. The maximum atomic E-state index is 11.2. The van der Waals surface area contributed by atoms with Crippen LogP contribution in [0.25, 0.3) is 0 Å². The minimum absolute atomic E-state index is 0.0743. The lowest BCUT2D eigenvalue weighted by Gasteiger charge is -2.18. The van der Waals surface area contributed by atoms with E-state index in [1.807, 2.05) is 5.48 Å². The van der Waals surface area contributed by atoms with E-state index >= 15 is 0 Å². The number of nitro benzene ring substituents is 1. The molecule has 1 N–H and O–H groups in total. The predicted molar refractivity (Wildman–Crippen MR) is 64.2 cm³/mol. The molecule has 1 aromatic rings. The SMILES string of the molecule is CC(C)(C)OC(=O)NOOc1cccc([N+](=O)[O-])c1. The van der Waals surface area contributed by atoms with E-state index in [0.29, 0.717) is 0 Å². The molecule has 0 spiro atoms. The molecule has 1 amide bonds. The van der Waals surface area contributed by atoms with Gasteiger partial charge in [-0.15, -0.1) is 0 Å². The van der Waals surface area contributed by atoms with Gasteiger partial charge < -0.3 is 9.62 Å². The molecule has 8 nitrogen and oxygen atoms in total. The topological polar surface area (TPSA) is 99.9 Å². The number of carbonyl (C=O) groups is 1. The molecular weight excluding hydrogens is 256 g/mol. The van der Waals surface area contributed by atoms with Gasteiger partial charge in [0.15, 0.2) is 5.75 Å². The van der Waals surface area contributed by atoms with Crippen molar-refractivity contribution < 1.29 is 24.3 Å². The summed E-state index contributed by atoms with van der Waals surface area (Å²) in [6.07, 6.45) is -0.835. The Labute approximate surface area is 109 Å². The number of nitrogens with zero attached hydrogens (tertiary/aromatic N) is 1. The van der Waals surface area contributed by atoms with Gasteiger partial charge in [-0.25, -0.2) is 4.79 Å². The van der Waals surface area contributed by atoms with Crippen LogP contribution in [0.15, 0.2) is 24.3 Å². The number of nitrogens with one attached hydrogen (secondary N) is 1. The lowest BCUT2D eigenvalue weighted by atomic mass is 10.2. The van der Waals surface area contributed by atoms with Gasteiger partial charge in [0, 0.05) is 6.07 Å². The maximum absolute atomic E-state index is 11.2. The first kappa shape index (κ1) is 14.7. The van der Waals surface area contributed by atoms with E-state index in [-0.39, 0.29) is 11.4 Å². The van der Waals surface area contributed by atoms with E-state index in [9.17, 15) is 14.9 Å². The molecule has 1 rings (SSSR count). The molecule has 0 aromatic heterocycles. The van der Waals surface area contributed by atoms with Crippen molar-refractivity contribution in [3.63, 3.8) is 0 Å². The number of carbonyl (C=O) groups excluding carboxylic acids is 1. The van der Waals surface area contributed by atoms with Gasteiger partial charge in [-0.2, -0.15) is 5.48 Å². The summed E-state index contributed by atoms with van der Waals surface area (Å²) in [5.74, 6) is 0.0743. The van der Waals surface area contributed by atoms with Gasteiger partial charge in [-0.1, -0.05) is 11.1 Å². The molecule has 0 unspecified atom stereocenters. The van der Waals surface area contributed by atoms with Gasteiger partial charge >= 0.3 is 6.09 Å². The third kappa shape index (κ3) is 5.68. The van der Waals surface area contributed by atoms with Crippen LogP contribution in [0.1, 0.15) is 20.8 Å². The fourth-order valence-corrected chi connectivity index (χ4v) is 1.05. The number of rotatable bonds is 4. The summed E-state index contributed by atoms with van der Waals surface area (Å²) in [7, 11) is 0. The summed E-state index contributed by atoms with van der Waals surface area (Å²) >= 11 is 0. The summed E-state index contributed by atoms with van der Waals surface area (Å²) in [4.78, 5) is 30.2. The van der Waals surface area contributed by atoms with E-state index in [1.165, 1.54) is 18.2 Å². The van der Waals surface area contributed by atoms with Gasteiger partial charge in [0.1, 0.15) is 5.60 Å². The monoisotopic (exact) mass is 270 g/mol. The number of nitro groups is 1. The fraction of sp³-hybridized carbons (Fsp3) is 0.364. The average Bonchev–Trinajstić information content (AvgIpc) is 2.27. The Morgan fingerprint density at radius 1 is 1.37 bits per heavy atom. The summed E-state index contributed by atoms with van der Waals surface area (Å²) in [5, 5.41) is 10.5. The number of amides is 1. The van der Waals surface area contributed by atoms with E-state index < -0.39 is 16.6 Å². The largest absolute Gasteiger partial charge is 0.442 e. The molecule has 0 fully saturated rings. The van der Waals surface area contributed by atoms with Crippen molar-refractivity contribution in [3.8, 4) is 5.75 Å². The third-order valence-corrected chi connectivity index (χ3v) is 1.69. The molecule has 0 saturated carbocycles. The molecule has 0 atom stereocenters. The second-order valence-corrected chi connectivity index (χ2v) is 4.53. The molecule has 0 saturated heterocycles. The van der Waals surface area contributed by atoms with Crippen molar-refractivity contribution in [3.05, 3.63) is 34.4 Å². The van der Waals surface area contributed by atoms with Crippen LogP contribution in [0.4, 0.5) is 10.5 Å². The van der Waals surface area contributed by atoms with Crippen molar-refractivity contribution >= 4 is 11.8 Å². The van der Waals surface area contributed by atoms with Crippen LogP contribution >= 0.6 is 0 Å². The van der Waals surface area contributed by atoms with Crippen LogP contribution in [-0.2, 0) is 9.73 Å². The highest BCUT2D eigenvalue weighted by Crippen LogP contribution is 2.18. The molecule has 0 heterocycles. The first-order valence-corrected chi connectivity index (χ1v) is 5.35. The smallest absolute Gasteiger partial charge is 0.435 e. The minimum Gasteiger partial charge on any atom is -0.442 e. The molecule has 0 radical (unpaired) electrons. The van der Waals surface area contributed by atoms with Crippen molar-refractivity contribution in [2.24, 2.45) is 0 Å². The summed E-state index contributed by atoms with van der Waals surface area (Å²) in [6, 6.07) is 5.30. The molecule has 1 aromatic carbocycles. The summed E-state index contributed by atoms with van der Waals surface area (Å²) in [5.41, 5.74) is 1.06. The molecule has 19 heavy (non-hydrogen) atoms. The zero-order valence-electron chi connectivity index (χ0n) is 10.7. The number of ether oxygens (including phenoxy) is 1. The second-order valence-electron chi connectivity index (χ2n) is 4.53. The quantitative estimate of drug-likeness (QED) is 0.512. The lowest BCUT2D eigenvalue weighted by Crippen LogP contribution is -2.33. The van der Waals surface area contributed by atoms with Gasteiger partial charge in [0.05, 0.1) is 11.0 Å². The second kappa shape index (κ2) is 6.01. The highest BCUT2D eigenvalue weighted by atomic mass is 17.3. The van der Waals surface area contributed by atoms with Crippen LogP contribution in [0, 0.1) is 10.1 Å². The van der Waals surface area contributed by atoms with E-state index in [2.05, 4.69) is 9.88 Å². The van der Waals surface area contributed by atoms with E-state index in [1.54, 1.807) is 20.8 Å². The number of non-ortho nitro benzene ring substituents is 1. The van der Waals surface area contributed by atoms with Crippen LogP contribution in [0.3, 0.4) is 0 Å². The van der Waals surface area contributed by atoms with Gasteiger partial charge in [-0.05, 0) is 26.8 Å². The minimum atomic E-state index is -0.835. The van der Waals surface area contributed by atoms with Gasteiger partial charge in [0.25, 0.3) is 5.69 Å². The summed E-state index contributed by atoms with van der Waals surface area (Å²) < 4.78 is 4.87. The highest BCUT2D eigenvalue weighted by molar-refractivity contribution is 5.66. The van der Waals surface area contributed by atoms with Crippen molar-refractivity contribution in [2.75, 3.05) is 0 Å². The normalized spacial score (nSPS) is 10.7. The standard InChI is InChI=1S/C11H14N2O6/c1-11(2,3)17-10(14)12-19-18-9-6-4-5-8(7-9)13(15)16/h4-7H,1-3H3,(H,12,14). The van der Waals surface area contributed by atoms with Crippen LogP contribution in [0.2, 0.25) is 0 Å². The Morgan fingerprint density at radius 3 is 2.63 bits per heavy atom. The first-order chi connectivity index (χ1) is 8.78.